The van der Waals surface area contributed by atoms with Gasteiger partial charge in [-0.1, -0.05) is 24.6 Å². The Morgan fingerprint density at radius 3 is 2.40 bits per heavy atom. The summed E-state index contributed by atoms with van der Waals surface area (Å²) in [5, 5.41) is 13.9. The van der Waals surface area contributed by atoms with Crippen molar-refractivity contribution in [3.05, 3.63) is 41.5 Å². The zero-order valence-corrected chi connectivity index (χ0v) is 11.9. The predicted molar refractivity (Wildman–Crippen MR) is 80.2 cm³/mol. The number of benzene rings is 1. The predicted octanol–water partition coefficient (Wildman–Crippen LogP) is 3.19. The minimum atomic E-state index is -0.0746. The van der Waals surface area contributed by atoms with Gasteiger partial charge < -0.3 is 10.6 Å². The van der Waals surface area contributed by atoms with Gasteiger partial charge in [-0.25, -0.2) is 0 Å². The Balaban J connectivity index is 2.08. The summed E-state index contributed by atoms with van der Waals surface area (Å²) in [5.41, 5.74) is 3.36. The number of hydrogen-bond donors (Lipinski definition) is 2. The molecule has 0 radical (unpaired) electrons. The van der Waals surface area contributed by atoms with E-state index >= 15 is 0 Å². The van der Waals surface area contributed by atoms with Crippen LogP contribution in [0.3, 0.4) is 0 Å². The minimum absolute atomic E-state index is 0.0746. The maximum atomic E-state index is 11.2. The van der Waals surface area contributed by atoms with Crippen molar-refractivity contribution in [1.82, 2.24) is 10.2 Å². The SMILES string of the molecule is CCC(=O)Nc1ccc(Nc2ccc(C)cc2C)nn1. The van der Waals surface area contributed by atoms with Crippen LogP contribution in [0.4, 0.5) is 17.3 Å². The zero-order chi connectivity index (χ0) is 14.5. The molecule has 0 aliphatic rings. The number of aromatic nitrogens is 2. The molecule has 0 aliphatic carbocycles. The number of carbonyl (C=O) groups excluding carboxylic acids is 1. The Labute approximate surface area is 118 Å². The van der Waals surface area contributed by atoms with Crippen molar-refractivity contribution in [3.63, 3.8) is 0 Å². The number of aryl methyl sites for hydroxylation is 2. The Morgan fingerprint density at radius 1 is 1.10 bits per heavy atom. The molecule has 1 amide bonds. The van der Waals surface area contributed by atoms with Gasteiger partial charge in [0.15, 0.2) is 11.6 Å². The molecular formula is C15H18N4O. The first-order valence-electron chi connectivity index (χ1n) is 6.56. The molecule has 0 saturated carbocycles. The lowest BCUT2D eigenvalue weighted by atomic mass is 10.1. The third kappa shape index (κ3) is 3.54. The Bertz CT molecular complexity index is 608. The van der Waals surface area contributed by atoms with Gasteiger partial charge in [0.25, 0.3) is 0 Å². The first-order chi connectivity index (χ1) is 9.58. The quantitative estimate of drug-likeness (QED) is 0.895. The van der Waals surface area contributed by atoms with Gasteiger partial charge in [0.2, 0.25) is 5.91 Å². The highest BCUT2D eigenvalue weighted by atomic mass is 16.1. The molecule has 2 aromatic rings. The molecule has 5 nitrogen and oxygen atoms in total. The van der Waals surface area contributed by atoms with Gasteiger partial charge in [0, 0.05) is 12.1 Å². The summed E-state index contributed by atoms with van der Waals surface area (Å²) in [5.74, 6) is 1.03. The van der Waals surface area contributed by atoms with Crippen LogP contribution in [0.15, 0.2) is 30.3 Å². The molecule has 0 unspecified atom stereocenters. The zero-order valence-electron chi connectivity index (χ0n) is 11.9. The standard InChI is InChI=1S/C15H18N4O/c1-4-15(20)17-14-8-7-13(18-19-14)16-12-6-5-10(2)9-11(12)3/h5-9H,4H2,1-3H3,(H,16,18)(H,17,19,20). The largest absolute Gasteiger partial charge is 0.339 e. The number of amides is 1. The van der Waals surface area contributed by atoms with Crippen LogP contribution in [0.5, 0.6) is 0 Å². The van der Waals surface area contributed by atoms with Crippen LogP contribution in [-0.2, 0) is 4.79 Å². The highest BCUT2D eigenvalue weighted by molar-refractivity contribution is 5.89. The molecule has 1 aromatic carbocycles. The fourth-order valence-corrected chi connectivity index (χ4v) is 1.79. The summed E-state index contributed by atoms with van der Waals surface area (Å²) >= 11 is 0. The van der Waals surface area contributed by atoms with E-state index in [4.69, 9.17) is 0 Å². The number of hydrogen-bond acceptors (Lipinski definition) is 4. The number of nitrogens with zero attached hydrogens (tertiary/aromatic N) is 2. The second-order valence-corrected chi connectivity index (χ2v) is 4.65. The summed E-state index contributed by atoms with van der Waals surface area (Å²) in [6.45, 7) is 5.89. The molecule has 0 spiro atoms. The molecule has 2 N–H and O–H groups in total. The van der Waals surface area contributed by atoms with Gasteiger partial charge in [0.1, 0.15) is 0 Å². The molecule has 2 rings (SSSR count). The van der Waals surface area contributed by atoms with Gasteiger partial charge in [-0.2, -0.15) is 0 Å². The normalized spacial score (nSPS) is 10.2. The van der Waals surface area contributed by atoms with Crippen LogP contribution in [0.1, 0.15) is 24.5 Å². The van der Waals surface area contributed by atoms with Gasteiger partial charge in [0.05, 0.1) is 0 Å². The molecule has 1 heterocycles. The highest BCUT2D eigenvalue weighted by Crippen LogP contribution is 2.20. The summed E-state index contributed by atoms with van der Waals surface area (Å²) in [4.78, 5) is 11.2. The van der Waals surface area contributed by atoms with Crippen molar-refractivity contribution in [3.8, 4) is 0 Å². The average molecular weight is 270 g/mol. The van der Waals surface area contributed by atoms with Gasteiger partial charge >= 0.3 is 0 Å². The highest BCUT2D eigenvalue weighted by Gasteiger charge is 2.03. The van der Waals surface area contributed by atoms with Crippen molar-refractivity contribution in [1.29, 1.82) is 0 Å². The monoisotopic (exact) mass is 270 g/mol. The topological polar surface area (TPSA) is 66.9 Å². The first kappa shape index (κ1) is 14.0. The van der Waals surface area contributed by atoms with E-state index in [1.165, 1.54) is 5.56 Å². The smallest absolute Gasteiger partial charge is 0.225 e. The Hall–Kier alpha value is -2.43. The Kier molecular flexibility index (Phi) is 4.30. The fraction of sp³-hybridized carbons (Fsp3) is 0.267. The summed E-state index contributed by atoms with van der Waals surface area (Å²) in [6, 6.07) is 9.67. The lowest BCUT2D eigenvalue weighted by Crippen LogP contribution is -2.11. The molecule has 0 aliphatic heterocycles. The van der Waals surface area contributed by atoms with Gasteiger partial charge in [-0.05, 0) is 37.6 Å². The van der Waals surface area contributed by atoms with Crippen molar-refractivity contribution in [2.45, 2.75) is 27.2 Å². The third-order valence-corrected chi connectivity index (χ3v) is 2.90. The molecule has 20 heavy (non-hydrogen) atoms. The van der Waals surface area contributed by atoms with E-state index in [-0.39, 0.29) is 5.91 Å². The van der Waals surface area contributed by atoms with Crippen molar-refractivity contribution in [2.75, 3.05) is 10.6 Å². The summed E-state index contributed by atoms with van der Waals surface area (Å²) < 4.78 is 0. The van der Waals surface area contributed by atoms with Crippen molar-refractivity contribution < 1.29 is 4.79 Å². The van der Waals surface area contributed by atoms with E-state index in [1.807, 2.05) is 19.1 Å². The van der Waals surface area contributed by atoms with Crippen LogP contribution in [0, 0.1) is 13.8 Å². The van der Waals surface area contributed by atoms with Crippen molar-refractivity contribution >= 4 is 23.2 Å². The van der Waals surface area contributed by atoms with Gasteiger partial charge in [-0.3, -0.25) is 4.79 Å². The maximum Gasteiger partial charge on any atom is 0.225 e. The average Bonchev–Trinajstić information content (AvgIpc) is 2.44. The summed E-state index contributed by atoms with van der Waals surface area (Å²) in [7, 11) is 0. The number of carbonyl (C=O) groups is 1. The van der Waals surface area contributed by atoms with E-state index in [0.29, 0.717) is 18.1 Å². The van der Waals surface area contributed by atoms with E-state index < -0.39 is 0 Å². The second-order valence-electron chi connectivity index (χ2n) is 4.65. The number of anilines is 3. The lowest BCUT2D eigenvalue weighted by Gasteiger charge is -2.09. The number of rotatable bonds is 4. The minimum Gasteiger partial charge on any atom is -0.339 e. The molecule has 5 heteroatoms. The summed E-state index contributed by atoms with van der Waals surface area (Å²) in [6.07, 6.45) is 0.421. The fourth-order valence-electron chi connectivity index (χ4n) is 1.79. The van der Waals surface area contributed by atoms with Crippen LogP contribution < -0.4 is 10.6 Å². The van der Waals surface area contributed by atoms with E-state index in [2.05, 4.69) is 33.8 Å². The first-order valence-corrected chi connectivity index (χ1v) is 6.56. The lowest BCUT2D eigenvalue weighted by molar-refractivity contribution is -0.115. The second kappa shape index (κ2) is 6.14. The van der Waals surface area contributed by atoms with Crippen molar-refractivity contribution in [2.24, 2.45) is 0 Å². The van der Waals surface area contributed by atoms with E-state index in [1.54, 1.807) is 19.1 Å². The molecule has 0 fully saturated rings. The van der Waals surface area contributed by atoms with Crippen LogP contribution >= 0.6 is 0 Å². The molecule has 0 saturated heterocycles. The molecule has 1 aromatic heterocycles. The molecule has 0 bridgehead atoms. The Morgan fingerprint density at radius 2 is 1.80 bits per heavy atom. The number of nitrogens with one attached hydrogen (secondary N) is 2. The molecular weight excluding hydrogens is 252 g/mol. The third-order valence-electron chi connectivity index (χ3n) is 2.90. The molecule has 104 valence electrons. The van der Waals surface area contributed by atoms with Gasteiger partial charge in [-0.15, -0.1) is 10.2 Å². The van der Waals surface area contributed by atoms with E-state index in [9.17, 15) is 4.79 Å². The van der Waals surface area contributed by atoms with Crippen LogP contribution in [0.2, 0.25) is 0 Å². The molecule has 0 atom stereocenters. The maximum absolute atomic E-state index is 11.2. The van der Waals surface area contributed by atoms with E-state index in [0.717, 1.165) is 11.3 Å². The van der Waals surface area contributed by atoms with Crippen LogP contribution in [-0.4, -0.2) is 16.1 Å². The van der Waals surface area contributed by atoms with Crippen LogP contribution in [0.25, 0.3) is 0 Å².